The molecule has 1 aromatic carbocycles. The number of benzene rings is 1. The van der Waals surface area contributed by atoms with Crippen LogP contribution in [0.2, 0.25) is 0 Å². The monoisotopic (exact) mass is 285 g/mol. The van der Waals surface area contributed by atoms with E-state index in [0.717, 1.165) is 5.56 Å². The zero-order chi connectivity index (χ0) is 15.1. The molecule has 1 atom stereocenters. The fourth-order valence-corrected chi connectivity index (χ4v) is 1.97. The number of rotatable bonds is 6. The Morgan fingerprint density at radius 1 is 1.48 bits per heavy atom. The van der Waals surface area contributed by atoms with Crippen molar-refractivity contribution in [1.82, 2.24) is 25.0 Å². The minimum Gasteiger partial charge on any atom is -0.329 e. The SMILES string of the molecule is C=CCN(C)C(=O)N[C@H](Cn1cncn1)c1ccccc1. The smallest absolute Gasteiger partial charge is 0.317 e. The third-order valence-electron chi connectivity index (χ3n) is 3.09. The Labute approximate surface area is 124 Å². The number of urea groups is 1. The highest BCUT2D eigenvalue weighted by atomic mass is 16.2. The van der Waals surface area contributed by atoms with Crippen LogP contribution in [0.15, 0.2) is 55.6 Å². The van der Waals surface area contributed by atoms with Gasteiger partial charge in [-0.25, -0.2) is 9.78 Å². The van der Waals surface area contributed by atoms with Crippen LogP contribution in [-0.2, 0) is 6.54 Å². The van der Waals surface area contributed by atoms with Crippen LogP contribution in [-0.4, -0.2) is 39.3 Å². The minimum absolute atomic E-state index is 0.149. The van der Waals surface area contributed by atoms with Crippen molar-refractivity contribution in [2.75, 3.05) is 13.6 Å². The number of nitrogens with zero attached hydrogens (tertiary/aromatic N) is 4. The molecule has 0 aliphatic carbocycles. The number of hydrogen-bond acceptors (Lipinski definition) is 3. The lowest BCUT2D eigenvalue weighted by molar-refractivity contribution is 0.207. The average molecular weight is 285 g/mol. The van der Waals surface area contributed by atoms with E-state index in [0.29, 0.717) is 13.1 Å². The molecule has 2 amide bonds. The number of amides is 2. The van der Waals surface area contributed by atoms with E-state index in [4.69, 9.17) is 0 Å². The van der Waals surface area contributed by atoms with Crippen LogP contribution >= 0.6 is 0 Å². The first-order chi connectivity index (χ1) is 10.2. The van der Waals surface area contributed by atoms with Crippen molar-refractivity contribution in [1.29, 1.82) is 0 Å². The van der Waals surface area contributed by atoms with Crippen LogP contribution in [0.5, 0.6) is 0 Å². The molecule has 2 rings (SSSR count). The molecule has 0 aliphatic heterocycles. The quantitative estimate of drug-likeness (QED) is 0.824. The van der Waals surface area contributed by atoms with Gasteiger partial charge in [0.2, 0.25) is 0 Å². The first kappa shape index (κ1) is 14.8. The number of aromatic nitrogens is 3. The van der Waals surface area contributed by atoms with E-state index in [1.54, 1.807) is 29.0 Å². The van der Waals surface area contributed by atoms with Gasteiger partial charge in [0.15, 0.2) is 0 Å². The van der Waals surface area contributed by atoms with Crippen molar-refractivity contribution >= 4 is 6.03 Å². The van der Waals surface area contributed by atoms with E-state index in [1.807, 2.05) is 30.3 Å². The van der Waals surface area contributed by atoms with Gasteiger partial charge in [-0.3, -0.25) is 4.68 Å². The standard InChI is InChI=1S/C15H19N5O/c1-3-9-19(2)15(21)18-14(10-20-12-16-11-17-20)13-7-5-4-6-8-13/h3-8,11-12,14H,1,9-10H2,2H3,(H,18,21)/t14-/m1/s1. The molecule has 1 N–H and O–H groups in total. The highest BCUT2D eigenvalue weighted by molar-refractivity contribution is 5.74. The van der Waals surface area contributed by atoms with Gasteiger partial charge in [0.1, 0.15) is 12.7 Å². The summed E-state index contributed by atoms with van der Waals surface area (Å²) in [6.07, 6.45) is 4.80. The van der Waals surface area contributed by atoms with Crippen LogP contribution in [0.4, 0.5) is 4.79 Å². The summed E-state index contributed by atoms with van der Waals surface area (Å²) < 4.78 is 1.70. The van der Waals surface area contributed by atoms with Gasteiger partial charge in [0.25, 0.3) is 0 Å². The van der Waals surface area contributed by atoms with Crippen molar-refractivity contribution < 1.29 is 4.79 Å². The molecule has 0 spiro atoms. The van der Waals surface area contributed by atoms with Crippen molar-refractivity contribution in [3.05, 3.63) is 61.2 Å². The van der Waals surface area contributed by atoms with E-state index in [2.05, 4.69) is 22.0 Å². The molecule has 2 aromatic rings. The van der Waals surface area contributed by atoms with E-state index in [-0.39, 0.29) is 12.1 Å². The van der Waals surface area contributed by atoms with E-state index >= 15 is 0 Å². The van der Waals surface area contributed by atoms with E-state index < -0.39 is 0 Å². The van der Waals surface area contributed by atoms with Crippen molar-refractivity contribution in [3.8, 4) is 0 Å². The molecule has 0 aliphatic rings. The molecular weight excluding hydrogens is 266 g/mol. The summed E-state index contributed by atoms with van der Waals surface area (Å²) in [6.45, 7) is 4.66. The van der Waals surface area contributed by atoms with Crippen molar-refractivity contribution in [2.45, 2.75) is 12.6 Å². The molecule has 1 aromatic heterocycles. The molecule has 6 nitrogen and oxygen atoms in total. The fourth-order valence-electron chi connectivity index (χ4n) is 1.97. The highest BCUT2D eigenvalue weighted by Crippen LogP contribution is 2.14. The zero-order valence-corrected chi connectivity index (χ0v) is 12.0. The van der Waals surface area contributed by atoms with Gasteiger partial charge < -0.3 is 10.2 Å². The Kier molecular flexibility index (Phi) is 5.09. The third kappa shape index (κ3) is 4.17. The van der Waals surface area contributed by atoms with Gasteiger partial charge in [-0.2, -0.15) is 5.10 Å². The highest BCUT2D eigenvalue weighted by Gasteiger charge is 2.17. The van der Waals surface area contributed by atoms with E-state index in [1.165, 1.54) is 6.33 Å². The molecule has 0 bridgehead atoms. The number of nitrogens with one attached hydrogen (secondary N) is 1. The zero-order valence-electron chi connectivity index (χ0n) is 12.0. The third-order valence-corrected chi connectivity index (χ3v) is 3.09. The van der Waals surface area contributed by atoms with Crippen LogP contribution in [0, 0.1) is 0 Å². The number of likely N-dealkylation sites (N-methyl/N-ethyl adjacent to an activating group) is 1. The molecule has 1 heterocycles. The van der Waals surface area contributed by atoms with Gasteiger partial charge in [0.05, 0.1) is 12.6 Å². The number of carbonyl (C=O) groups excluding carboxylic acids is 1. The molecule has 0 saturated heterocycles. The van der Waals surface area contributed by atoms with Gasteiger partial charge in [-0.1, -0.05) is 36.4 Å². The van der Waals surface area contributed by atoms with Gasteiger partial charge in [-0.15, -0.1) is 6.58 Å². The lowest BCUT2D eigenvalue weighted by atomic mass is 10.1. The molecule has 0 unspecified atom stereocenters. The predicted octanol–water partition coefficient (Wildman–Crippen LogP) is 1.85. The Morgan fingerprint density at radius 2 is 2.24 bits per heavy atom. The lowest BCUT2D eigenvalue weighted by Crippen LogP contribution is -2.40. The summed E-state index contributed by atoms with van der Waals surface area (Å²) in [4.78, 5) is 17.7. The molecule has 21 heavy (non-hydrogen) atoms. The summed E-state index contributed by atoms with van der Waals surface area (Å²) in [6, 6.07) is 9.48. The second-order valence-electron chi connectivity index (χ2n) is 4.70. The second kappa shape index (κ2) is 7.23. The lowest BCUT2D eigenvalue weighted by Gasteiger charge is -2.23. The normalized spacial score (nSPS) is 11.7. The van der Waals surface area contributed by atoms with E-state index in [9.17, 15) is 4.79 Å². The Balaban J connectivity index is 2.12. The Hall–Kier alpha value is -2.63. The van der Waals surface area contributed by atoms with Crippen LogP contribution in [0.25, 0.3) is 0 Å². The van der Waals surface area contributed by atoms with Crippen molar-refractivity contribution in [3.63, 3.8) is 0 Å². The molecule has 0 fully saturated rings. The number of carbonyl (C=O) groups is 1. The summed E-state index contributed by atoms with van der Waals surface area (Å²) in [5.41, 5.74) is 1.02. The van der Waals surface area contributed by atoms with Gasteiger partial charge >= 0.3 is 6.03 Å². The molecular formula is C15H19N5O. The minimum atomic E-state index is -0.173. The average Bonchev–Trinajstić information content (AvgIpc) is 3.00. The fraction of sp³-hybridized carbons (Fsp3) is 0.267. The first-order valence-corrected chi connectivity index (χ1v) is 6.70. The maximum atomic E-state index is 12.2. The largest absolute Gasteiger partial charge is 0.329 e. The van der Waals surface area contributed by atoms with Crippen LogP contribution < -0.4 is 5.32 Å². The molecule has 0 saturated carbocycles. The molecule has 110 valence electrons. The van der Waals surface area contributed by atoms with Crippen LogP contribution in [0.3, 0.4) is 0 Å². The summed E-state index contributed by atoms with van der Waals surface area (Å²) in [5, 5.41) is 7.10. The predicted molar refractivity (Wildman–Crippen MR) is 80.6 cm³/mol. The Bertz CT molecular complexity index is 567. The van der Waals surface area contributed by atoms with Crippen molar-refractivity contribution in [2.24, 2.45) is 0 Å². The maximum absolute atomic E-state index is 12.2. The van der Waals surface area contributed by atoms with Gasteiger partial charge in [-0.05, 0) is 5.56 Å². The molecule has 0 radical (unpaired) electrons. The maximum Gasteiger partial charge on any atom is 0.317 e. The first-order valence-electron chi connectivity index (χ1n) is 6.70. The summed E-state index contributed by atoms with van der Waals surface area (Å²) in [7, 11) is 1.73. The molecule has 6 heteroatoms. The van der Waals surface area contributed by atoms with Crippen LogP contribution in [0.1, 0.15) is 11.6 Å². The summed E-state index contributed by atoms with van der Waals surface area (Å²) in [5.74, 6) is 0. The Morgan fingerprint density at radius 3 is 2.86 bits per heavy atom. The summed E-state index contributed by atoms with van der Waals surface area (Å²) >= 11 is 0. The number of hydrogen-bond donors (Lipinski definition) is 1. The second-order valence-corrected chi connectivity index (χ2v) is 4.70. The topological polar surface area (TPSA) is 63.1 Å². The van der Waals surface area contributed by atoms with Gasteiger partial charge in [0, 0.05) is 13.6 Å².